The Morgan fingerprint density at radius 1 is 0.969 bits per heavy atom. The van der Waals surface area contributed by atoms with Gasteiger partial charge in [0.1, 0.15) is 5.75 Å². The van der Waals surface area contributed by atoms with Crippen molar-refractivity contribution in [1.29, 1.82) is 0 Å². The minimum absolute atomic E-state index is 0.121. The summed E-state index contributed by atoms with van der Waals surface area (Å²) >= 11 is 0. The molecule has 2 N–H and O–H groups in total. The van der Waals surface area contributed by atoms with Crippen LogP contribution in [0.5, 0.6) is 5.75 Å². The number of para-hydroxylation sites is 1. The van der Waals surface area contributed by atoms with E-state index in [2.05, 4.69) is 0 Å². The minimum atomic E-state index is -5.81. The molecule has 4 aliphatic rings. The summed E-state index contributed by atoms with van der Waals surface area (Å²) in [4.78, 5) is 12.6. The largest absolute Gasteiger partial charge is 0.496 e. The number of carbonyl (C=O) groups excluding carboxylic acids is 1. The van der Waals surface area contributed by atoms with Crippen LogP contribution in [0.15, 0.2) is 24.3 Å². The van der Waals surface area contributed by atoms with Crippen LogP contribution in [-0.4, -0.2) is 37.6 Å². The van der Waals surface area contributed by atoms with Crippen LogP contribution in [0.1, 0.15) is 48.9 Å². The van der Waals surface area contributed by atoms with Crippen molar-refractivity contribution in [2.75, 3.05) is 13.7 Å². The van der Waals surface area contributed by atoms with E-state index in [0.717, 1.165) is 25.3 Å². The molecule has 4 fully saturated rings. The molecule has 1 aromatic rings. The predicted molar refractivity (Wildman–Crippen MR) is 104 cm³/mol. The summed E-state index contributed by atoms with van der Waals surface area (Å²) in [5.41, 5.74) is -5.59. The number of hydrogen-bond donors (Lipinski definition) is 2. The van der Waals surface area contributed by atoms with E-state index in [9.17, 15) is 31.1 Å². The molecule has 4 bridgehead atoms. The van der Waals surface area contributed by atoms with E-state index < -0.39 is 41.4 Å². The van der Waals surface area contributed by atoms with Gasteiger partial charge in [0.15, 0.2) is 0 Å². The molecule has 0 unspecified atom stereocenters. The lowest BCUT2D eigenvalue weighted by atomic mass is 9.49. The Morgan fingerprint density at radius 2 is 1.47 bits per heavy atom. The maximum atomic E-state index is 14.1. The van der Waals surface area contributed by atoms with Crippen LogP contribution in [0.3, 0.4) is 0 Å². The number of rotatable bonds is 6. The van der Waals surface area contributed by atoms with Gasteiger partial charge in [-0.2, -0.15) is 26.3 Å². The van der Waals surface area contributed by atoms with Gasteiger partial charge in [0.25, 0.3) is 11.6 Å². The van der Waals surface area contributed by atoms with Gasteiger partial charge in [-0.1, -0.05) is 12.1 Å². The van der Waals surface area contributed by atoms with Crippen molar-refractivity contribution in [3.05, 3.63) is 29.8 Å². The fourth-order valence-corrected chi connectivity index (χ4v) is 6.44. The SMILES string of the molecule is COc1ccccc1C(=O)NC(NCC12CC3CC(CC(C3)C1)C2)(C(F)(F)F)C(F)(F)F. The highest BCUT2D eigenvalue weighted by Gasteiger charge is 2.72. The molecule has 178 valence electrons. The van der Waals surface area contributed by atoms with Gasteiger partial charge in [-0.15, -0.1) is 0 Å². The van der Waals surface area contributed by atoms with Crippen LogP contribution in [-0.2, 0) is 0 Å². The average molecular weight is 464 g/mol. The highest BCUT2D eigenvalue weighted by molar-refractivity contribution is 5.97. The molecule has 4 aliphatic carbocycles. The third-order valence-electron chi connectivity index (χ3n) is 7.40. The summed E-state index contributed by atoms with van der Waals surface area (Å²) in [6, 6.07) is 5.20. The van der Waals surface area contributed by atoms with E-state index >= 15 is 0 Å². The number of amides is 1. The number of nitrogens with one attached hydrogen (secondary N) is 2. The van der Waals surface area contributed by atoms with Crippen molar-refractivity contribution in [2.45, 2.75) is 56.5 Å². The number of hydrogen-bond acceptors (Lipinski definition) is 3. The molecule has 0 aromatic heterocycles. The van der Waals surface area contributed by atoms with Gasteiger partial charge in [-0.25, -0.2) is 0 Å². The maximum Gasteiger partial charge on any atom is 0.434 e. The zero-order valence-corrected chi connectivity index (χ0v) is 17.6. The summed E-state index contributed by atoms with van der Waals surface area (Å²) in [6.45, 7) is -0.457. The molecule has 1 amide bonds. The molecular formula is C22H26F6N2O2. The first-order chi connectivity index (χ1) is 14.9. The Labute approximate surface area is 182 Å². The second-order valence-electron chi connectivity index (χ2n) is 9.67. The van der Waals surface area contributed by atoms with Gasteiger partial charge >= 0.3 is 12.4 Å². The zero-order chi connectivity index (χ0) is 23.4. The van der Waals surface area contributed by atoms with E-state index in [0.29, 0.717) is 37.0 Å². The molecule has 0 aliphatic heterocycles. The van der Waals surface area contributed by atoms with Crippen molar-refractivity contribution in [1.82, 2.24) is 10.6 Å². The standard InChI is InChI=1S/C22H26F6N2O2/c1-32-17-5-3-2-4-16(17)18(31)30-20(21(23,24)25,22(26,27)28)29-12-19-9-13-6-14(10-19)8-15(7-13)11-19/h2-5,13-15,29H,6-12H2,1H3,(H,30,31). The van der Waals surface area contributed by atoms with E-state index in [1.807, 2.05) is 0 Å². The maximum absolute atomic E-state index is 14.1. The molecule has 0 atom stereocenters. The third-order valence-corrected chi connectivity index (χ3v) is 7.40. The highest BCUT2D eigenvalue weighted by Crippen LogP contribution is 2.60. The van der Waals surface area contributed by atoms with E-state index in [-0.39, 0.29) is 5.75 Å². The zero-order valence-electron chi connectivity index (χ0n) is 17.6. The number of alkyl halides is 6. The Morgan fingerprint density at radius 3 is 1.94 bits per heavy atom. The quantitative estimate of drug-likeness (QED) is 0.458. The normalized spacial score (nSPS) is 29.8. The molecule has 0 saturated heterocycles. The molecule has 10 heteroatoms. The van der Waals surface area contributed by atoms with E-state index in [4.69, 9.17) is 4.74 Å². The number of halogens is 6. The lowest BCUT2D eigenvalue weighted by molar-refractivity contribution is -0.316. The van der Waals surface area contributed by atoms with Crippen LogP contribution < -0.4 is 15.4 Å². The topological polar surface area (TPSA) is 50.4 Å². The molecule has 0 radical (unpaired) electrons. The van der Waals surface area contributed by atoms with Crippen LogP contribution in [0.2, 0.25) is 0 Å². The van der Waals surface area contributed by atoms with E-state index in [1.54, 1.807) is 5.32 Å². The second-order valence-corrected chi connectivity index (χ2v) is 9.67. The monoisotopic (exact) mass is 464 g/mol. The highest BCUT2D eigenvalue weighted by atomic mass is 19.4. The lowest BCUT2D eigenvalue weighted by Gasteiger charge is -2.57. The van der Waals surface area contributed by atoms with Gasteiger partial charge in [0.05, 0.1) is 12.7 Å². The first kappa shape index (κ1) is 23.2. The van der Waals surface area contributed by atoms with Crippen LogP contribution >= 0.6 is 0 Å². The Balaban J connectivity index is 1.64. The van der Waals surface area contributed by atoms with Crippen LogP contribution in [0.4, 0.5) is 26.3 Å². The van der Waals surface area contributed by atoms with Crippen LogP contribution in [0, 0.1) is 23.2 Å². The first-order valence-corrected chi connectivity index (χ1v) is 10.7. The summed E-state index contributed by atoms with van der Waals surface area (Å²) < 4.78 is 89.3. The predicted octanol–water partition coefficient (Wildman–Crippen LogP) is 5.05. The van der Waals surface area contributed by atoms with Crippen molar-refractivity contribution in [3.8, 4) is 5.75 Å². The number of methoxy groups -OCH3 is 1. The molecule has 0 spiro atoms. The average Bonchev–Trinajstić information content (AvgIpc) is 2.68. The lowest BCUT2D eigenvalue weighted by Crippen LogP contribution is -2.76. The molecule has 5 rings (SSSR count). The fraction of sp³-hybridized carbons (Fsp3) is 0.682. The van der Waals surface area contributed by atoms with Crippen molar-refractivity contribution >= 4 is 5.91 Å². The fourth-order valence-electron chi connectivity index (χ4n) is 6.44. The first-order valence-electron chi connectivity index (χ1n) is 10.7. The summed E-state index contributed by atoms with van der Waals surface area (Å²) in [5.74, 6) is -0.563. The van der Waals surface area contributed by atoms with Crippen molar-refractivity contribution < 1.29 is 35.9 Å². The second kappa shape index (κ2) is 7.81. The number of carbonyl (C=O) groups is 1. The summed E-state index contributed by atoms with van der Waals surface area (Å²) in [6.07, 6.45) is -6.74. The van der Waals surface area contributed by atoms with Gasteiger partial charge in [-0.3, -0.25) is 10.1 Å². The molecule has 0 heterocycles. The van der Waals surface area contributed by atoms with Crippen LogP contribution in [0.25, 0.3) is 0 Å². The van der Waals surface area contributed by atoms with Gasteiger partial charge in [0.2, 0.25) is 0 Å². The smallest absolute Gasteiger partial charge is 0.434 e. The molecule has 32 heavy (non-hydrogen) atoms. The van der Waals surface area contributed by atoms with E-state index in [1.165, 1.54) is 30.6 Å². The minimum Gasteiger partial charge on any atom is -0.496 e. The third kappa shape index (κ3) is 3.95. The van der Waals surface area contributed by atoms with Gasteiger partial charge in [-0.05, 0) is 73.8 Å². The molecule has 4 nitrogen and oxygen atoms in total. The molecule has 1 aromatic carbocycles. The Bertz CT molecular complexity index is 817. The van der Waals surface area contributed by atoms with Gasteiger partial charge in [0, 0.05) is 6.54 Å². The molecular weight excluding hydrogens is 438 g/mol. The summed E-state index contributed by atoms with van der Waals surface area (Å²) in [7, 11) is 1.18. The van der Waals surface area contributed by atoms with Crippen molar-refractivity contribution in [3.63, 3.8) is 0 Å². The number of ether oxygens (including phenoxy) is 1. The summed E-state index contributed by atoms with van der Waals surface area (Å²) in [5, 5.41) is 3.04. The number of benzene rings is 1. The molecule has 4 saturated carbocycles. The van der Waals surface area contributed by atoms with Gasteiger partial charge < -0.3 is 10.1 Å². The Hall–Kier alpha value is -1.97. The Kier molecular flexibility index (Phi) is 5.66. The van der Waals surface area contributed by atoms with Crippen molar-refractivity contribution in [2.24, 2.45) is 23.2 Å².